The highest BCUT2D eigenvalue weighted by atomic mass is 35.5. The molecule has 156 valence electrons. The Kier molecular flexibility index (Phi) is 10.1. The topological polar surface area (TPSA) is 47.6 Å². The summed E-state index contributed by atoms with van der Waals surface area (Å²) >= 11 is 11.3. The summed E-state index contributed by atoms with van der Waals surface area (Å²) in [5.41, 5.74) is 3.37. The van der Waals surface area contributed by atoms with E-state index in [1.165, 1.54) is 5.56 Å². The maximum Gasteiger partial charge on any atom is 0.326 e. The van der Waals surface area contributed by atoms with Crippen LogP contribution in [0, 0.1) is 5.92 Å². The molecule has 0 aliphatic rings. The van der Waals surface area contributed by atoms with Crippen molar-refractivity contribution in [2.75, 3.05) is 13.1 Å². The molecule has 29 heavy (non-hydrogen) atoms. The van der Waals surface area contributed by atoms with E-state index in [4.69, 9.17) is 28.2 Å². The quantitative estimate of drug-likeness (QED) is 0.452. The second-order valence-corrected chi connectivity index (χ2v) is 7.75. The second kappa shape index (κ2) is 12.5. The van der Waals surface area contributed by atoms with Gasteiger partial charge in [-0.25, -0.2) is 0 Å². The number of hydrogen-bond acceptors (Lipinski definition) is 4. The first-order valence-electron chi connectivity index (χ1n) is 9.66. The minimum Gasteiger partial charge on any atom is -0.489 e. The molecule has 0 saturated carbocycles. The Bertz CT molecular complexity index is 804. The molecule has 6 heteroatoms. The third-order valence-corrected chi connectivity index (χ3v) is 4.70. The number of benzene rings is 2. The van der Waals surface area contributed by atoms with Crippen LogP contribution in [0.3, 0.4) is 0 Å². The van der Waals surface area contributed by atoms with E-state index in [2.05, 4.69) is 47.7 Å². The number of rotatable bonds is 11. The van der Waals surface area contributed by atoms with Crippen molar-refractivity contribution in [3.05, 3.63) is 70.3 Å². The summed E-state index contributed by atoms with van der Waals surface area (Å²) in [5, 5.41) is 3.71. The van der Waals surface area contributed by atoms with Crippen molar-refractivity contribution in [3.63, 3.8) is 0 Å². The van der Waals surface area contributed by atoms with Gasteiger partial charge in [-0.3, -0.25) is 4.79 Å². The van der Waals surface area contributed by atoms with Gasteiger partial charge < -0.3 is 14.3 Å². The number of carbonyl (C=O) groups is 1. The molecule has 0 bridgehead atoms. The fourth-order valence-corrected chi connectivity index (χ4v) is 3.05. The van der Waals surface area contributed by atoms with Crippen LogP contribution in [0.25, 0.3) is 6.08 Å². The summed E-state index contributed by atoms with van der Waals surface area (Å²) in [6.45, 7) is 6.04. The van der Waals surface area contributed by atoms with E-state index >= 15 is 0 Å². The molecule has 0 fully saturated rings. The minimum absolute atomic E-state index is 0.227. The average Bonchev–Trinajstić information content (AvgIpc) is 2.70. The molecule has 0 saturated heterocycles. The number of hydrogen-bond donors (Lipinski definition) is 1. The van der Waals surface area contributed by atoms with Crippen molar-refractivity contribution < 1.29 is 13.8 Å². The van der Waals surface area contributed by atoms with E-state index < -0.39 is 5.97 Å². The van der Waals surface area contributed by atoms with Crippen LogP contribution in [0.5, 0.6) is 5.75 Å². The summed E-state index contributed by atoms with van der Waals surface area (Å²) in [5.74, 6) is 0.932. The van der Waals surface area contributed by atoms with Crippen molar-refractivity contribution in [3.8, 4) is 5.75 Å². The highest BCUT2D eigenvalue weighted by molar-refractivity contribution is 6.32. The molecule has 0 heterocycles. The van der Waals surface area contributed by atoms with Gasteiger partial charge in [-0.15, -0.1) is 0 Å². The average molecular weight is 436 g/mol. The molecule has 1 N–H and O–H groups in total. The van der Waals surface area contributed by atoms with Crippen LogP contribution in [-0.2, 0) is 22.1 Å². The maximum atomic E-state index is 10.9. The fourth-order valence-electron chi connectivity index (χ4n) is 2.74. The van der Waals surface area contributed by atoms with Gasteiger partial charge in [0.15, 0.2) is 0 Å². The van der Waals surface area contributed by atoms with Crippen molar-refractivity contribution in [2.24, 2.45) is 5.92 Å². The monoisotopic (exact) mass is 435 g/mol. The number of carbonyl (C=O) groups excluding carboxylic acids is 1. The summed E-state index contributed by atoms with van der Waals surface area (Å²) < 4.78 is 9.93. The molecular weight excluding hydrogens is 409 g/mol. The van der Waals surface area contributed by atoms with Gasteiger partial charge in [0.2, 0.25) is 0 Å². The minimum atomic E-state index is -0.451. The predicted octanol–water partition coefficient (Wildman–Crippen LogP) is 5.81. The normalized spacial score (nSPS) is 11.2. The Morgan fingerprint density at radius 1 is 1.14 bits per heavy atom. The molecule has 2 aromatic carbocycles. The van der Waals surface area contributed by atoms with E-state index in [-0.39, 0.29) is 6.42 Å². The standard InChI is InChI=1S/C23H27Cl2NO3/c1-17(2)14-18-5-7-19(8-6-18)16-28-21-10-9-20(22(24)15-21)4-3-12-26-13-11-23(27)29-25/h3-10,15,17,26H,11-14,16H2,1-2H3/b4-3+. The van der Waals surface area contributed by atoms with Gasteiger partial charge in [-0.1, -0.05) is 61.9 Å². The lowest BCUT2D eigenvalue weighted by Gasteiger charge is -2.09. The molecule has 2 aromatic rings. The molecule has 0 aromatic heterocycles. The maximum absolute atomic E-state index is 10.9. The molecule has 0 aliphatic heterocycles. The van der Waals surface area contributed by atoms with Gasteiger partial charge in [-0.05, 0) is 47.2 Å². The van der Waals surface area contributed by atoms with Crippen LogP contribution in [0.1, 0.15) is 37.0 Å². The van der Waals surface area contributed by atoms with Crippen molar-refractivity contribution in [2.45, 2.75) is 33.3 Å². The van der Waals surface area contributed by atoms with Crippen LogP contribution in [0.4, 0.5) is 0 Å². The zero-order chi connectivity index (χ0) is 21.1. The van der Waals surface area contributed by atoms with Crippen LogP contribution < -0.4 is 10.1 Å². The van der Waals surface area contributed by atoms with Gasteiger partial charge in [0, 0.05) is 13.1 Å². The van der Waals surface area contributed by atoms with Gasteiger partial charge in [0.25, 0.3) is 0 Å². The van der Waals surface area contributed by atoms with E-state index in [9.17, 15) is 4.79 Å². The van der Waals surface area contributed by atoms with Crippen LogP contribution in [0.2, 0.25) is 5.02 Å². The van der Waals surface area contributed by atoms with Gasteiger partial charge in [0.1, 0.15) is 24.2 Å². The van der Waals surface area contributed by atoms with E-state index in [0.29, 0.717) is 30.6 Å². The number of halogens is 2. The van der Waals surface area contributed by atoms with Gasteiger partial charge in [-0.2, -0.15) is 0 Å². The fraction of sp³-hybridized carbons (Fsp3) is 0.348. The summed E-state index contributed by atoms with van der Waals surface area (Å²) in [7, 11) is 0. The van der Waals surface area contributed by atoms with Crippen LogP contribution in [-0.4, -0.2) is 19.1 Å². The third-order valence-electron chi connectivity index (χ3n) is 4.20. The molecule has 0 amide bonds. The molecular formula is C23H27Cl2NO3. The number of nitrogens with one attached hydrogen (secondary N) is 1. The Morgan fingerprint density at radius 3 is 2.52 bits per heavy atom. The van der Waals surface area contributed by atoms with E-state index in [1.54, 1.807) is 0 Å². The molecule has 0 aliphatic carbocycles. The Morgan fingerprint density at radius 2 is 1.86 bits per heavy atom. The predicted molar refractivity (Wildman–Crippen MR) is 119 cm³/mol. The summed E-state index contributed by atoms with van der Waals surface area (Å²) in [6, 6.07) is 14.2. The molecule has 2 rings (SSSR count). The lowest BCUT2D eigenvalue weighted by molar-refractivity contribution is -0.133. The first-order chi connectivity index (χ1) is 14.0. The SMILES string of the molecule is CC(C)Cc1ccc(COc2ccc(/C=C/CNCCC(=O)OCl)c(Cl)c2)cc1. The Hall–Kier alpha value is -2.01. The van der Waals surface area contributed by atoms with Crippen molar-refractivity contribution >= 4 is 35.5 Å². The molecule has 0 radical (unpaired) electrons. The smallest absolute Gasteiger partial charge is 0.326 e. The first kappa shape index (κ1) is 23.3. The molecule has 4 nitrogen and oxygen atoms in total. The second-order valence-electron chi connectivity index (χ2n) is 7.19. The highest BCUT2D eigenvalue weighted by Crippen LogP contribution is 2.24. The highest BCUT2D eigenvalue weighted by Gasteiger charge is 2.03. The lowest BCUT2D eigenvalue weighted by atomic mass is 10.0. The van der Waals surface area contributed by atoms with Crippen LogP contribution in [0.15, 0.2) is 48.5 Å². The van der Waals surface area contributed by atoms with Gasteiger partial charge >= 0.3 is 5.97 Å². The zero-order valence-corrected chi connectivity index (χ0v) is 18.3. The zero-order valence-electron chi connectivity index (χ0n) is 16.8. The lowest BCUT2D eigenvalue weighted by Crippen LogP contribution is -2.18. The van der Waals surface area contributed by atoms with E-state index in [0.717, 1.165) is 23.3 Å². The summed E-state index contributed by atoms with van der Waals surface area (Å²) in [6.07, 6.45) is 5.17. The molecule has 0 spiro atoms. The summed E-state index contributed by atoms with van der Waals surface area (Å²) in [4.78, 5) is 10.9. The molecule has 0 unspecified atom stereocenters. The van der Waals surface area contributed by atoms with E-state index in [1.807, 2.05) is 30.4 Å². The Balaban J connectivity index is 1.79. The Labute approximate surface area is 183 Å². The number of ether oxygens (including phenoxy) is 1. The van der Waals surface area contributed by atoms with Crippen molar-refractivity contribution in [1.29, 1.82) is 0 Å². The van der Waals surface area contributed by atoms with Gasteiger partial charge in [0.05, 0.1) is 11.4 Å². The molecule has 0 atom stereocenters. The third kappa shape index (κ3) is 8.90. The first-order valence-corrected chi connectivity index (χ1v) is 10.4. The van der Waals surface area contributed by atoms with Crippen molar-refractivity contribution in [1.82, 2.24) is 5.32 Å². The van der Waals surface area contributed by atoms with Crippen LogP contribution >= 0.6 is 23.5 Å². The largest absolute Gasteiger partial charge is 0.489 e.